The molecule has 134 valence electrons. The van der Waals surface area contributed by atoms with E-state index in [0.29, 0.717) is 19.1 Å². The quantitative estimate of drug-likeness (QED) is 0.827. The summed E-state index contributed by atoms with van der Waals surface area (Å²) in [6.45, 7) is 8.94. The maximum absolute atomic E-state index is 12.7. The second-order valence-electron chi connectivity index (χ2n) is 7.12. The maximum Gasteiger partial charge on any atom is 0.225 e. The van der Waals surface area contributed by atoms with Crippen molar-refractivity contribution in [3.8, 4) is 0 Å². The molecule has 2 saturated heterocycles. The van der Waals surface area contributed by atoms with E-state index < -0.39 is 0 Å². The van der Waals surface area contributed by atoms with Crippen molar-refractivity contribution in [2.24, 2.45) is 5.92 Å². The number of hydrogen-bond donors (Lipinski definition) is 0. The number of ether oxygens (including phenoxy) is 1. The van der Waals surface area contributed by atoms with Gasteiger partial charge in [0.05, 0.1) is 23.4 Å². The van der Waals surface area contributed by atoms with Crippen LogP contribution in [0.15, 0.2) is 12.1 Å². The molecule has 1 amide bonds. The Kier molecular flexibility index (Phi) is 4.65. The van der Waals surface area contributed by atoms with Gasteiger partial charge in [-0.15, -0.1) is 0 Å². The first kappa shape index (κ1) is 16.8. The van der Waals surface area contributed by atoms with Crippen molar-refractivity contribution >= 4 is 32.6 Å². The number of anilines is 1. The Morgan fingerprint density at radius 1 is 1.16 bits per heavy atom. The normalized spacial score (nSPS) is 19.6. The highest BCUT2D eigenvalue weighted by molar-refractivity contribution is 7.22. The van der Waals surface area contributed by atoms with Crippen molar-refractivity contribution in [1.82, 2.24) is 9.88 Å². The lowest BCUT2D eigenvalue weighted by atomic mass is 9.95. The van der Waals surface area contributed by atoms with E-state index in [9.17, 15) is 4.79 Å². The zero-order chi connectivity index (χ0) is 17.4. The summed E-state index contributed by atoms with van der Waals surface area (Å²) in [5.41, 5.74) is 3.65. The molecule has 1 aromatic carbocycles. The largest absolute Gasteiger partial charge is 0.378 e. The van der Waals surface area contributed by atoms with Gasteiger partial charge in [0.2, 0.25) is 5.91 Å². The lowest BCUT2D eigenvalue weighted by Crippen LogP contribution is -2.46. The zero-order valence-corrected chi connectivity index (χ0v) is 15.8. The summed E-state index contributed by atoms with van der Waals surface area (Å²) in [5, 5.41) is 1.10. The van der Waals surface area contributed by atoms with Gasteiger partial charge in [0.1, 0.15) is 0 Å². The summed E-state index contributed by atoms with van der Waals surface area (Å²) in [7, 11) is 0. The van der Waals surface area contributed by atoms with Crippen molar-refractivity contribution in [1.29, 1.82) is 0 Å². The molecule has 0 spiro atoms. The number of rotatable bonds is 2. The number of fused-ring (bicyclic) bond motifs is 1. The fourth-order valence-electron chi connectivity index (χ4n) is 3.85. The fraction of sp³-hybridized carbons (Fsp3) is 0.579. The monoisotopic (exact) mass is 359 g/mol. The molecule has 2 fully saturated rings. The highest BCUT2D eigenvalue weighted by atomic mass is 32.1. The Bertz CT molecular complexity index is 774. The van der Waals surface area contributed by atoms with Crippen LogP contribution in [0.25, 0.3) is 10.2 Å². The van der Waals surface area contributed by atoms with E-state index in [0.717, 1.165) is 49.7 Å². The van der Waals surface area contributed by atoms with Crippen LogP contribution < -0.4 is 4.90 Å². The molecule has 6 heteroatoms. The SMILES string of the molecule is Cc1cc(C)c2nc(N3CCC(C(=O)N4CCOCC4)CC3)sc2c1. The second-order valence-corrected chi connectivity index (χ2v) is 8.13. The number of nitrogens with zero attached hydrogens (tertiary/aromatic N) is 3. The van der Waals surface area contributed by atoms with E-state index in [2.05, 4.69) is 30.9 Å². The first-order valence-electron chi connectivity index (χ1n) is 9.11. The number of morpholine rings is 1. The van der Waals surface area contributed by atoms with Crippen LogP contribution in [0.3, 0.4) is 0 Å². The minimum atomic E-state index is 0.160. The van der Waals surface area contributed by atoms with Crippen LogP contribution in [0.5, 0.6) is 0 Å². The van der Waals surface area contributed by atoms with E-state index in [1.54, 1.807) is 11.3 Å². The Morgan fingerprint density at radius 3 is 2.60 bits per heavy atom. The van der Waals surface area contributed by atoms with Gasteiger partial charge in [-0.05, 0) is 43.9 Å². The molecule has 0 atom stereocenters. The molecule has 0 aliphatic carbocycles. The van der Waals surface area contributed by atoms with Crippen molar-refractivity contribution in [3.63, 3.8) is 0 Å². The lowest BCUT2D eigenvalue weighted by molar-refractivity contribution is -0.140. The predicted octanol–water partition coefficient (Wildman–Crippen LogP) is 2.99. The van der Waals surface area contributed by atoms with Crippen molar-refractivity contribution in [2.75, 3.05) is 44.3 Å². The van der Waals surface area contributed by atoms with Crippen LogP contribution in [0.1, 0.15) is 24.0 Å². The fourth-order valence-corrected chi connectivity index (χ4v) is 5.05. The van der Waals surface area contributed by atoms with Crippen LogP contribution >= 0.6 is 11.3 Å². The summed E-state index contributed by atoms with van der Waals surface area (Å²) in [6.07, 6.45) is 1.84. The number of carbonyl (C=O) groups is 1. The van der Waals surface area contributed by atoms with Crippen LogP contribution in [0.4, 0.5) is 5.13 Å². The molecule has 2 aromatic rings. The third-order valence-electron chi connectivity index (χ3n) is 5.26. The highest BCUT2D eigenvalue weighted by Crippen LogP contribution is 2.33. The highest BCUT2D eigenvalue weighted by Gasteiger charge is 2.30. The molecular formula is C19H25N3O2S. The third kappa shape index (κ3) is 3.37. The number of amides is 1. The molecule has 25 heavy (non-hydrogen) atoms. The van der Waals surface area contributed by atoms with Crippen LogP contribution in [-0.4, -0.2) is 55.2 Å². The average Bonchev–Trinajstić information content (AvgIpc) is 3.06. The summed E-state index contributed by atoms with van der Waals surface area (Å²) in [5.74, 6) is 0.478. The molecule has 3 heterocycles. The maximum atomic E-state index is 12.7. The Morgan fingerprint density at radius 2 is 1.88 bits per heavy atom. The molecule has 0 radical (unpaired) electrons. The minimum Gasteiger partial charge on any atom is -0.378 e. The van der Waals surface area contributed by atoms with E-state index >= 15 is 0 Å². The Labute approximate surface area is 152 Å². The third-order valence-corrected chi connectivity index (χ3v) is 6.32. The summed E-state index contributed by atoms with van der Waals surface area (Å²) < 4.78 is 6.61. The van der Waals surface area contributed by atoms with Crippen molar-refractivity contribution in [2.45, 2.75) is 26.7 Å². The number of hydrogen-bond acceptors (Lipinski definition) is 5. The molecule has 5 nitrogen and oxygen atoms in total. The van der Waals surface area contributed by atoms with E-state index in [-0.39, 0.29) is 5.92 Å². The molecule has 0 N–H and O–H groups in total. The molecule has 2 aliphatic rings. The lowest BCUT2D eigenvalue weighted by Gasteiger charge is -2.35. The predicted molar refractivity (Wildman–Crippen MR) is 101 cm³/mol. The van der Waals surface area contributed by atoms with Gasteiger partial charge >= 0.3 is 0 Å². The number of piperidine rings is 1. The summed E-state index contributed by atoms with van der Waals surface area (Å²) >= 11 is 1.77. The molecule has 0 bridgehead atoms. The second kappa shape index (κ2) is 6.92. The van der Waals surface area contributed by atoms with Gasteiger partial charge in [-0.3, -0.25) is 4.79 Å². The molecule has 4 rings (SSSR count). The van der Waals surface area contributed by atoms with Gasteiger partial charge in [0, 0.05) is 32.1 Å². The van der Waals surface area contributed by atoms with Crippen LogP contribution in [-0.2, 0) is 9.53 Å². The number of benzene rings is 1. The Hall–Kier alpha value is -1.66. The van der Waals surface area contributed by atoms with Gasteiger partial charge < -0.3 is 14.5 Å². The molecule has 0 saturated carbocycles. The van der Waals surface area contributed by atoms with Crippen LogP contribution in [0, 0.1) is 19.8 Å². The number of thiazole rings is 1. The van der Waals surface area contributed by atoms with Gasteiger partial charge in [0.15, 0.2) is 5.13 Å². The number of aryl methyl sites for hydroxylation is 2. The van der Waals surface area contributed by atoms with Crippen molar-refractivity contribution < 1.29 is 9.53 Å². The molecule has 1 aromatic heterocycles. The molecule has 0 unspecified atom stereocenters. The standard InChI is InChI=1S/C19H25N3O2S/c1-13-11-14(2)17-16(12-13)25-19(20-17)22-5-3-15(4-6-22)18(23)21-7-9-24-10-8-21/h11-12,15H,3-10H2,1-2H3. The summed E-state index contributed by atoms with van der Waals surface area (Å²) in [6, 6.07) is 4.41. The smallest absolute Gasteiger partial charge is 0.225 e. The topological polar surface area (TPSA) is 45.7 Å². The first-order valence-corrected chi connectivity index (χ1v) is 9.93. The Balaban J connectivity index is 1.43. The molecule has 2 aliphatic heterocycles. The van der Waals surface area contributed by atoms with E-state index in [1.807, 2.05) is 4.90 Å². The number of carbonyl (C=O) groups excluding carboxylic acids is 1. The molecular weight excluding hydrogens is 334 g/mol. The van der Waals surface area contributed by atoms with Gasteiger partial charge in [0.25, 0.3) is 0 Å². The average molecular weight is 359 g/mol. The van der Waals surface area contributed by atoms with Crippen LogP contribution in [0.2, 0.25) is 0 Å². The zero-order valence-electron chi connectivity index (χ0n) is 15.0. The first-order chi connectivity index (χ1) is 12.1. The van der Waals surface area contributed by atoms with Gasteiger partial charge in [-0.25, -0.2) is 4.98 Å². The number of aromatic nitrogens is 1. The van der Waals surface area contributed by atoms with E-state index in [1.165, 1.54) is 15.8 Å². The van der Waals surface area contributed by atoms with Gasteiger partial charge in [-0.1, -0.05) is 17.4 Å². The minimum absolute atomic E-state index is 0.160. The van der Waals surface area contributed by atoms with Gasteiger partial charge in [-0.2, -0.15) is 0 Å². The van der Waals surface area contributed by atoms with E-state index in [4.69, 9.17) is 9.72 Å². The van der Waals surface area contributed by atoms with Crippen molar-refractivity contribution in [3.05, 3.63) is 23.3 Å². The summed E-state index contributed by atoms with van der Waals surface area (Å²) in [4.78, 5) is 21.9.